The molecule has 0 amide bonds. The third-order valence-electron chi connectivity index (χ3n) is 3.56. The average Bonchev–Trinajstić information content (AvgIpc) is 3.16. The molecule has 0 spiro atoms. The first-order chi connectivity index (χ1) is 12.8. The van der Waals surface area contributed by atoms with E-state index >= 15 is 0 Å². The molecular weight excluding hydrogens is 404 g/mol. The molecule has 0 saturated carbocycles. The van der Waals surface area contributed by atoms with Crippen LogP contribution < -0.4 is 21.8 Å². The van der Waals surface area contributed by atoms with E-state index in [1.807, 2.05) is 101 Å². The number of para-hydroxylation sites is 2. The van der Waals surface area contributed by atoms with Gasteiger partial charge in [0.15, 0.2) is 5.69 Å². The third kappa shape index (κ3) is 5.09. The maximum atomic E-state index is 7.57. The second kappa shape index (κ2) is 10.4. The van der Waals surface area contributed by atoms with Gasteiger partial charge in [0, 0.05) is 11.4 Å². The zero-order valence-corrected chi connectivity index (χ0v) is 16.6. The fourth-order valence-electron chi connectivity index (χ4n) is 2.44. The first-order valence-electron chi connectivity index (χ1n) is 8.50. The van der Waals surface area contributed by atoms with Gasteiger partial charge < -0.3 is 22.1 Å². The summed E-state index contributed by atoms with van der Waals surface area (Å²) in [6.07, 6.45) is 0. The van der Waals surface area contributed by atoms with Gasteiger partial charge in [0.2, 0.25) is 0 Å². The van der Waals surface area contributed by atoms with Crippen molar-refractivity contribution in [3.8, 4) is 22.8 Å². The van der Waals surface area contributed by atoms with Gasteiger partial charge in [0.25, 0.3) is 0 Å². The Morgan fingerprint density at radius 1 is 0.815 bits per heavy atom. The minimum absolute atomic E-state index is 0. The van der Waals surface area contributed by atoms with E-state index in [1.54, 1.807) is 6.92 Å². The summed E-state index contributed by atoms with van der Waals surface area (Å²) in [6, 6.07) is 30.0. The van der Waals surface area contributed by atoms with Gasteiger partial charge in [-0.2, -0.15) is 0 Å². The predicted octanol–water partition coefficient (Wildman–Crippen LogP) is 0.214. The molecule has 27 heavy (non-hydrogen) atoms. The van der Waals surface area contributed by atoms with Crippen LogP contribution in [0.25, 0.3) is 22.8 Å². The van der Waals surface area contributed by atoms with E-state index in [4.69, 9.17) is 15.3 Å². The molecule has 1 N–H and O–H groups in total. The molecule has 3 aromatic carbocycles. The van der Waals surface area contributed by atoms with E-state index in [-0.39, 0.29) is 23.6 Å². The fraction of sp³-hybridized carbons (Fsp3) is 0.0952. The molecule has 0 atom stereocenters. The van der Waals surface area contributed by atoms with Crippen molar-refractivity contribution in [2.24, 2.45) is 0 Å². The lowest BCUT2D eigenvalue weighted by Crippen LogP contribution is -3.00. The lowest BCUT2D eigenvalue weighted by Gasteiger charge is -1.98. The van der Waals surface area contributed by atoms with Crippen LogP contribution in [0.4, 0.5) is 0 Å². The van der Waals surface area contributed by atoms with Crippen LogP contribution in [0.3, 0.4) is 0 Å². The summed E-state index contributed by atoms with van der Waals surface area (Å²) >= 11 is 0. The van der Waals surface area contributed by atoms with Crippen LogP contribution in [0.2, 0.25) is 0 Å². The van der Waals surface area contributed by atoms with E-state index in [2.05, 4.69) is 0 Å². The summed E-state index contributed by atoms with van der Waals surface area (Å²) in [5, 5.41) is 17.0. The Kier molecular flexibility index (Phi) is 7.85. The van der Waals surface area contributed by atoms with E-state index in [0.29, 0.717) is 5.82 Å². The van der Waals surface area contributed by atoms with Gasteiger partial charge in [0.05, 0.1) is 10.7 Å². The van der Waals surface area contributed by atoms with Crippen molar-refractivity contribution in [1.29, 1.82) is 0 Å². The number of halogens is 1. The van der Waals surface area contributed by atoms with E-state index in [1.165, 1.54) is 0 Å². The van der Waals surface area contributed by atoms with Crippen molar-refractivity contribution in [2.75, 3.05) is 6.61 Å². The molecule has 138 valence electrons. The van der Waals surface area contributed by atoms with Gasteiger partial charge in [-0.25, -0.2) is 0 Å². The highest BCUT2D eigenvalue weighted by molar-refractivity contribution is 5.53. The highest BCUT2D eigenvalue weighted by Gasteiger charge is 2.22. The Morgan fingerprint density at radius 3 is 1.85 bits per heavy atom. The number of tetrazole rings is 1. The molecule has 0 unspecified atom stereocenters. The number of rotatable bonds is 3. The van der Waals surface area contributed by atoms with Crippen molar-refractivity contribution in [2.45, 2.75) is 6.92 Å². The van der Waals surface area contributed by atoms with Gasteiger partial charge in [-0.1, -0.05) is 54.6 Å². The van der Waals surface area contributed by atoms with Crippen molar-refractivity contribution >= 4 is 0 Å². The molecule has 0 aliphatic rings. The summed E-state index contributed by atoms with van der Waals surface area (Å²) in [6.45, 7) is 1.93. The van der Waals surface area contributed by atoms with Crippen molar-refractivity contribution in [1.82, 2.24) is 15.0 Å². The second-order valence-corrected chi connectivity index (χ2v) is 5.46. The maximum Gasteiger partial charge on any atom is 0.340 e. The van der Waals surface area contributed by atoms with Crippen molar-refractivity contribution in [3.05, 3.63) is 91.0 Å². The van der Waals surface area contributed by atoms with Crippen LogP contribution in [0, 0.1) is 0 Å². The van der Waals surface area contributed by atoms with Crippen LogP contribution in [0.1, 0.15) is 6.92 Å². The van der Waals surface area contributed by atoms with Gasteiger partial charge in [0.1, 0.15) is 5.69 Å². The Morgan fingerprint density at radius 2 is 1.30 bits per heavy atom. The number of nitrogens with zero attached hydrogens (tertiary/aromatic N) is 4. The SMILES string of the molecule is CCO.[Br-].c1ccc(-c2nn(-c3ccccc3)[n+](-c3ccccc3)n2)cc1. The zero-order valence-electron chi connectivity index (χ0n) is 15.0. The molecule has 4 rings (SSSR count). The Balaban J connectivity index is 0.000000614. The Labute approximate surface area is 169 Å². The number of aliphatic hydroxyl groups excluding tert-OH is 1. The van der Waals surface area contributed by atoms with Crippen molar-refractivity contribution in [3.63, 3.8) is 0 Å². The molecule has 0 aliphatic carbocycles. The van der Waals surface area contributed by atoms with E-state index < -0.39 is 0 Å². The molecule has 0 saturated heterocycles. The largest absolute Gasteiger partial charge is 1.00 e. The summed E-state index contributed by atoms with van der Waals surface area (Å²) < 4.78 is 0. The summed E-state index contributed by atoms with van der Waals surface area (Å²) in [4.78, 5) is 3.63. The first kappa shape index (κ1) is 20.5. The molecule has 6 heteroatoms. The zero-order chi connectivity index (χ0) is 18.2. The molecule has 0 aliphatic heterocycles. The Hall–Kier alpha value is -2.83. The highest BCUT2D eigenvalue weighted by atomic mass is 79.9. The molecule has 1 aromatic heterocycles. The van der Waals surface area contributed by atoms with Crippen LogP contribution in [0.5, 0.6) is 0 Å². The third-order valence-corrected chi connectivity index (χ3v) is 3.56. The number of hydrogen-bond donors (Lipinski definition) is 1. The molecule has 0 bridgehead atoms. The van der Waals surface area contributed by atoms with Gasteiger partial charge in [-0.05, 0) is 53.2 Å². The summed E-state index contributed by atoms with van der Waals surface area (Å²) in [5.41, 5.74) is 2.92. The smallest absolute Gasteiger partial charge is 0.340 e. The topological polar surface area (TPSA) is 54.8 Å². The number of benzene rings is 3. The lowest BCUT2D eigenvalue weighted by atomic mass is 10.2. The minimum Gasteiger partial charge on any atom is -1.00 e. The fourth-order valence-corrected chi connectivity index (χ4v) is 2.44. The van der Waals surface area contributed by atoms with Crippen LogP contribution in [-0.4, -0.2) is 26.7 Å². The molecule has 0 radical (unpaired) electrons. The second-order valence-electron chi connectivity index (χ2n) is 5.46. The molecule has 1 heterocycles. The van der Waals surface area contributed by atoms with E-state index in [0.717, 1.165) is 16.9 Å². The van der Waals surface area contributed by atoms with Gasteiger partial charge >= 0.3 is 5.82 Å². The Bertz CT molecular complexity index is 871. The van der Waals surface area contributed by atoms with Gasteiger partial charge in [-0.15, -0.1) is 0 Å². The van der Waals surface area contributed by atoms with Crippen LogP contribution in [0.15, 0.2) is 91.0 Å². The first-order valence-corrected chi connectivity index (χ1v) is 8.50. The van der Waals surface area contributed by atoms with Crippen LogP contribution in [-0.2, 0) is 0 Å². The quantitative estimate of drug-likeness (QED) is 0.478. The number of aliphatic hydroxyl groups is 1. The molecule has 5 nitrogen and oxygen atoms in total. The average molecular weight is 425 g/mol. The monoisotopic (exact) mass is 424 g/mol. The number of aromatic nitrogens is 4. The molecular formula is C21H21BrN4O. The lowest BCUT2D eigenvalue weighted by molar-refractivity contribution is -0.734. The number of hydrogen-bond acceptors (Lipinski definition) is 3. The maximum absolute atomic E-state index is 7.57. The normalized spacial score (nSPS) is 9.70. The summed E-state index contributed by atoms with van der Waals surface area (Å²) in [5.74, 6) is 0.693. The van der Waals surface area contributed by atoms with E-state index in [9.17, 15) is 0 Å². The molecule has 4 aromatic rings. The summed E-state index contributed by atoms with van der Waals surface area (Å²) in [7, 11) is 0. The predicted molar refractivity (Wildman–Crippen MR) is 101 cm³/mol. The highest BCUT2D eigenvalue weighted by Crippen LogP contribution is 2.14. The minimum atomic E-state index is 0. The van der Waals surface area contributed by atoms with Crippen molar-refractivity contribution < 1.29 is 26.9 Å². The molecule has 0 fully saturated rings. The van der Waals surface area contributed by atoms with Gasteiger partial charge in [-0.3, -0.25) is 0 Å². The van der Waals surface area contributed by atoms with Crippen LogP contribution >= 0.6 is 0 Å². The standard InChI is InChI=1S/C19H15N4.C2H6O.BrH/c1-4-10-16(11-5-1)19-20-22(17-12-6-2-7-13-17)23(21-19)18-14-8-3-9-15-18;1-2-3;/h1-15H;3H,2H2,1H3;1H/q+1;;/p-1.